The van der Waals surface area contributed by atoms with Gasteiger partial charge in [0, 0.05) is 18.1 Å². The first-order valence-electron chi connectivity index (χ1n) is 9.60. The maximum Gasteiger partial charge on any atom is 0.243 e. The Morgan fingerprint density at radius 1 is 1.24 bits per heavy atom. The van der Waals surface area contributed by atoms with Crippen LogP contribution in [0.15, 0.2) is 53.4 Å². The van der Waals surface area contributed by atoms with E-state index in [0.717, 1.165) is 5.56 Å². The van der Waals surface area contributed by atoms with E-state index in [1.165, 1.54) is 4.31 Å². The number of benzene rings is 2. The summed E-state index contributed by atoms with van der Waals surface area (Å²) in [4.78, 5) is 12.8. The molecule has 3 rings (SSSR count). The number of hydrogen-bond donors (Lipinski definition) is 1. The fourth-order valence-corrected chi connectivity index (χ4v) is 4.98. The highest BCUT2D eigenvalue weighted by Gasteiger charge is 2.33. The molecule has 1 aliphatic heterocycles. The van der Waals surface area contributed by atoms with Crippen LogP contribution in [0.3, 0.4) is 0 Å². The summed E-state index contributed by atoms with van der Waals surface area (Å²) >= 11 is 6.07. The minimum atomic E-state index is -3.58. The number of ether oxygens (including phenoxy) is 1. The molecule has 156 valence electrons. The molecule has 0 radical (unpaired) electrons. The summed E-state index contributed by atoms with van der Waals surface area (Å²) in [5.41, 5.74) is 0.972. The second kappa shape index (κ2) is 9.61. The van der Waals surface area contributed by atoms with E-state index in [2.05, 4.69) is 5.32 Å². The molecular formula is C21H25ClN2O4S. The fraction of sp³-hybridized carbons (Fsp3) is 0.381. The number of aryl methyl sites for hydroxylation is 1. The molecule has 2 aromatic carbocycles. The Morgan fingerprint density at radius 3 is 2.72 bits per heavy atom. The summed E-state index contributed by atoms with van der Waals surface area (Å²) in [6.07, 6.45) is 1.32. The van der Waals surface area contributed by atoms with Gasteiger partial charge in [-0.15, -0.1) is 0 Å². The Balaban J connectivity index is 1.50. The molecule has 29 heavy (non-hydrogen) atoms. The Hall–Kier alpha value is -2.09. The van der Waals surface area contributed by atoms with Gasteiger partial charge in [-0.2, -0.15) is 4.31 Å². The number of carbonyl (C=O) groups is 1. The largest absolute Gasteiger partial charge is 0.492 e. The fourth-order valence-electron chi connectivity index (χ4n) is 3.27. The van der Waals surface area contributed by atoms with Gasteiger partial charge >= 0.3 is 0 Å². The normalized spacial score (nSPS) is 17.7. The molecule has 1 unspecified atom stereocenters. The van der Waals surface area contributed by atoms with E-state index in [-0.39, 0.29) is 23.3 Å². The minimum absolute atomic E-state index is 0.150. The lowest BCUT2D eigenvalue weighted by Gasteiger charge is -2.31. The van der Waals surface area contributed by atoms with Crippen LogP contribution in [0.5, 0.6) is 5.75 Å². The van der Waals surface area contributed by atoms with E-state index in [1.54, 1.807) is 36.4 Å². The third kappa shape index (κ3) is 5.50. The summed E-state index contributed by atoms with van der Waals surface area (Å²) in [5.74, 6) is 0.132. The molecule has 0 aliphatic carbocycles. The van der Waals surface area contributed by atoms with Crippen LogP contribution < -0.4 is 10.1 Å². The van der Waals surface area contributed by atoms with Gasteiger partial charge in [0.05, 0.1) is 17.4 Å². The molecule has 1 fully saturated rings. The lowest BCUT2D eigenvalue weighted by atomic mass is 9.99. The molecule has 8 heteroatoms. The van der Waals surface area contributed by atoms with Crippen molar-refractivity contribution < 1.29 is 17.9 Å². The van der Waals surface area contributed by atoms with Crippen molar-refractivity contribution in [3.05, 3.63) is 59.1 Å². The second-order valence-electron chi connectivity index (χ2n) is 7.07. The molecular weight excluding hydrogens is 412 g/mol. The van der Waals surface area contributed by atoms with Crippen LogP contribution in [0.4, 0.5) is 0 Å². The van der Waals surface area contributed by atoms with Gasteiger partial charge < -0.3 is 10.1 Å². The zero-order valence-corrected chi connectivity index (χ0v) is 17.9. The summed E-state index contributed by atoms with van der Waals surface area (Å²) < 4.78 is 32.6. The van der Waals surface area contributed by atoms with Crippen molar-refractivity contribution in [2.24, 2.45) is 5.92 Å². The van der Waals surface area contributed by atoms with E-state index < -0.39 is 10.0 Å². The zero-order valence-electron chi connectivity index (χ0n) is 16.3. The number of halogens is 1. The van der Waals surface area contributed by atoms with E-state index >= 15 is 0 Å². The molecule has 1 N–H and O–H groups in total. The highest BCUT2D eigenvalue weighted by atomic mass is 35.5. The molecule has 1 atom stereocenters. The van der Waals surface area contributed by atoms with Gasteiger partial charge in [0.2, 0.25) is 15.9 Å². The highest BCUT2D eigenvalue weighted by Crippen LogP contribution is 2.24. The molecule has 0 spiro atoms. The van der Waals surface area contributed by atoms with E-state index in [9.17, 15) is 13.2 Å². The zero-order chi connectivity index (χ0) is 20.9. The van der Waals surface area contributed by atoms with E-state index in [0.29, 0.717) is 43.3 Å². The number of carbonyl (C=O) groups excluding carboxylic acids is 1. The van der Waals surface area contributed by atoms with Crippen LogP contribution in [-0.2, 0) is 14.8 Å². The smallest absolute Gasteiger partial charge is 0.243 e. The number of amides is 1. The monoisotopic (exact) mass is 436 g/mol. The Kier molecular flexibility index (Phi) is 7.16. The number of nitrogens with zero attached hydrogens (tertiary/aromatic N) is 1. The molecule has 1 amide bonds. The van der Waals surface area contributed by atoms with Crippen molar-refractivity contribution in [3.8, 4) is 5.75 Å². The van der Waals surface area contributed by atoms with Crippen LogP contribution in [0, 0.1) is 12.8 Å². The molecule has 0 bridgehead atoms. The van der Waals surface area contributed by atoms with Crippen LogP contribution in [0.2, 0.25) is 5.02 Å². The van der Waals surface area contributed by atoms with Crippen molar-refractivity contribution >= 4 is 27.5 Å². The van der Waals surface area contributed by atoms with Crippen LogP contribution in [0.1, 0.15) is 18.4 Å². The third-order valence-corrected chi connectivity index (χ3v) is 7.24. The molecule has 0 aromatic heterocycles. The molecule has 1 aliphatic rings. The Bertz CT molecular complexity index is 950. The van der Waals surface area contributed by atoms with Crippen molar-refractivity contribution in [1.29, 1.82) is 0 Å². The summed E-state index contributed by atoms with van der Waals surface area (Å²) in [5, 5.41) is 3.47. The maximum atomic E-state index is 12.8. The van der Waals surface area contributed by atoms with Gasteiger partial charge in [-0.05, 0) is 49.6 Å². The van der Waals surface area contributed by atoms with Crippen molar-refractivity contribution in [2.45, 2.75) is 24.7 Å². The predicted octanol–water partition coefficient (Wildman–Crippen LogP) is 3.24. The van der Waals surface area contributed by atoms with Crippen LogP contribution >= 0.6 is 11.6 Å². The Morgan fingerprint density at radius 2 is 2.00 bits per heavy atom. The van der Waals surface area contributed by atoms with Crippen molar-refractivity contribution in [1.82, 2.24) is 9.62 Å². The molecule has 2 aromatic rings. The van der Waals surface area contributed by atoms with Crippen LogP contribution in [-0.4, -0.2) is 44.9 Å². The van der Waals surface area contributed by atoms with Crippen molar-refractivity contribution in [2.75, 3.05) is 26.2 Å². The minimum Gasteiger partial charge on any atom is -0.492 e. The average molecular weight is 437 g/mol. The van der Waals surface area contributed by atoms with Gasteiger partial charge in [-0.25, -0.2) is 8.42 Å². The number of hydrogen-bond acceptors (Lipinski definition) is 4. The number of sulfonamides is 1. The molecule has 1 saturated heterocycles. The molecule has 0 saturated carbocycles. The molecule has 6 nitrogen and oxygen atoms in total. The van der Waals surface area contributed by atoms with Crippen molar-refractivity contribution in [3.63, 3.8) is 0 Å². The Labute approximate surface area is 176 Å². The lowest BCUT2D eigenvalue weighted by Crippen LogP contribution is -2.45. The standard InChI is InChI=1S/C21H25ClN2O4S/c1-16-9-10-18(14-20(16)22)28-13-11-23-21(25)17-6-5-12-24(15-17)29(26,27)19-7-3-2-4-8-19/h2-4,7-10,14,17H,5-6,11-13,15H2,1H3,(H,23,25). The predicted molar refractivity (Wildman–Crippen MR) is 113 cm³/mol. The van der Waals surface area contributed by atoms with Gasteiger partial charge in [0.25, 0.3) is 0 Å². The first-order chi connectivity index (χ1) is 13.9. The quantitative estimate of drug-likeness (QED) is 0.676. The first-order valence-corrected chi connectivity index (χ1v) is 11.4. The van der Waals surface area contributed by atoms with Gasteiger partial charge in [-0.3, -0.25) is 4.79 Å². The number of piperidine rings is 1. The summed E-state index contributed by atoms with van der Waals surface area (Å²) in [6, 6.07) is 13.8. The lowest BCUT2D eigenvalue weighted by molar-refractivity contribution is -0.126. The molecule has 1 heterocycles. The third-order valence-electron chi connectivity index (χ3n) is 4.95. The van der Waals surface area contributed by atoms with E-state index in [4.69, 9.17) is 16.3 Å². The first kappa shape index (κ1) is 21.6. The second-order valence-corrected chi connectivity index (χ2v) is 9.41. The number of nitrogens with one attached hydrogen (secondary N) is 1. The average Bonchev–Trinajstić information content (AvgIpc) is 2.74. The van der Waals surface area contributed by atoms with Crippen LogP contribution in [0.25, 0.3) is 0 Å². The van der Waals surface area contributed by atoms with Gasteiger partial charge in [0.1, 0.15) is 12.4 Å². The van der Waals surface area contributed by atoms with Gasteiger partial charge in [0.15, 0.2) is 0 Å². The SMILES string of the molecule is Cc1ccc(OCCNC(=O)C2CCCN(S(=O)(=O)c3ccccc3)C2)cc1Cl. The van der Waals surface area contributed by atoms with E-state index in [1.807, 2.05) is 19.1 Å². The summed E-state index contributed by atoms with van der Waals surface area (Å²) in [7, 11) is -3.58. The summed E-state index contributed by atoms with van der Waals surface area (Å²) in [6.45, 7) is 3.18. The topological polar surface area (TPSA) is 75.7 Å². The highest BCUT2D eigenvalue weighted by molar-refractivity contribution is 7.89. The van der Waals surface area contributed by atoms with Gasteiger partial charge in [-0.1, -0.05) is 35.9 Å². The maximum absolute atomic E-state index is 12.8. The number of rotatable bonds is 7.